The lowest BCUT2D eigenvalue weighted by molar-refractivity contribution is 0.547. The summed E-state index contributed by atoms with van der Waals surface area (Å²) >= 11 is 0. The van der Waals surface area contributed by atoms with Gasteiger partial charge in [0, 0.05) is 36.7 Å². The van der Waals surface area contributed by atoms with Crippen LogP contribution in [-0.4, -0.2) is 21.8 Å². The van der Waals surface area contributed by atoms with Gasteiger partial charge in [0.2, 0.25) is 0 Å². The molecule has 0 aromatic carbocycles. The van der Waals surface area contributed by atoms with E-state index in [1.54, 1.807) is 0 Å². The molecule has 0 radical (unpaired) electrons. The number of hydrogen-bond donors (Lipinski definition) is 1. The summed E-state index contributed by atoms with van der Waals surface area (Å²) in [5, 5.41) is 7.68. The van der Waals surface area contributed by atoms with Crippen LogP contribution in [0, 0.1) is 0 Å². The number of hydrogen-bond acceptors (Lipinski definition) is 3. The molecule has 1 atom stereocenters. The van der Waals surface area contributed by atoms with E-state index in [4.69, 9.17) is 0 Å². The monoisotopic (exact) mass is 244 g/mol. The number of aryl methyl sites for hydroxylation is 2. The van der Waals surface area contributed by atoms with Crippen molar-refractivity contribution in [1.82, 2.24) is 20.1 Å². The largest absolute Gasteiger partial charge is 0.313 e. The number of pyridine rings is 1. The summed E-state index contributed by atoms with van der Waals surface area (Å²) in [4.78, 5) is 4.04. The van der Waals surface area contributed by atoms with Gasteiger partial charge in [-0.25, -0.2) is 0 Å². The van der Waals surface area contributed by atoms with Crippen LogP contribution in [0.2, 0.25) is 0 Å². The molecule has 0 aliphatic heterocycles. The van der Waals surface area contributed by atoms with E-state index >= 15 is 0 Å². The van der Waals surface area contributed by atoms with Gasteiger partial charge in [-0.3, -0.25) is 9.67 Å². The smallest absolute Gasteiger partial charge is 0.0537 e. The first kappa shape index (κ1) is 12.8. The first-order valence-corrected chi connectivity index (χ1v) is 6.42. The number of rotatable bonds is 6. The minimum absolute atomic E-state index is 0.360. The highest BCUT2D eigenvalue weighted by atomic mass is 15.3. The van der Waals surface area contributed by atoms with Crippen LogP contribution >= 0.6 is 0 Å². The maximum Gasteiger partial charge on any atom is 0.0537 e. The Morgan fingerprint density at radius 3 is 2.72 bits per heavy atom. The van der Waals surface area contributed by atoms with Gasteiger partial charge in [-0.1, -0.05) is 0 Å². The molecule has 2 aromatic rings. The van der Waals surface area contributed by atoms with Crippen LogP contribution in [0.3, 0.4) is 0 Å². The zero-order chi connectivity index (χ0) is 12.8. The van der Waals surface area contributed by atoms with Gasteiger partial charge in [-0.2, -0.15) is 5.10 Å². The summed E-state index contributed by atoms with van der Waals surface area (Å²) in [6.45, 7) is 3.02. The van der Waals surface area contributed by atoms with E-state index in [2.05, 4.69) is 40.7 Å². The fraction of sp³-hybridized carbons (Fsp3) is 0.429. The molecule has 0 amide bonds. The Bertz CT molecular complexity index is 464. The Kier molecular flexibility index (Phi) is 4.47. The van der Waals surface area contributed by atoms with Gasteiger partial charge < -0.3 is 5.32 Å². The van der Waals surface area contributed by atoms with Crippen molar-refractivity contribution < 1.29 is 0 Å². The van der Waals surface area contributed by atoms with Crippen molar-refractivity contribution in [3.63, 3.8) is 0 Å². The standard InChI is InChI=1S/C14H20N4/c1-3-18-11-13(10-17-18)14(15-2)5-4-12-6-8-16-9-7-12/h6-11,14-15H,3-5H2,1-2H3. The van der Waals surface area contributed by atoms with E-state index in [0.717, 1.165) is 19.4 Å². The summed E-state index contributed by atoms with van der Waals surface area (Å²) in [5.41, 5.74) is 2.58. The molecule has 0 aliphatic carbocycles. The third kappa shape index (κ3) is 3.17. The molecule has 1 unspecified atom stereocenters. The second kappa shape index (κ2) is 6.31. The highest BCUT2D eigenvalue weighted by molar-refractivity contribution is 5.14. The predicted molar refractivity (Wildman–Crippen MR) is 72.3 cm³/mol. The van der Waals surface area contributed by atoms with Gasteiger partial charge in [-0.15, -0.1) is 0 Å². The number of nitrogens with zero attached hydrogens (tertiary/aromatic N) is 3. The van der Waals surface area contributed by atoms with Crippen LogP contribution in [0.25, 0.3) is 0 Å². The fourth-order valence-electron chi connectivity index (χ4n) is 2.07. The topological polar surface area (TPSA) is 42.7 Å². The molecule has 4 heteroatoms. The molecule has 4 nitrogen and oxygen atoms in total. The zero-order valence-corrected chi connectivity index (χ0v) is 11.0. The van der Waals surface area contributed by atoms with Crippen LogP contribution in [0.5, 0.6) is 0 Å². The predicted octanol–water partition coefficient (Wildman–Crippen LogP) is 2.19. The average Bonchev–Trinajstić information content (AvgIpc) is 2.89. The van der Waals surface area contributed by atoms with Crippen LogP contribution in [-0.2, 0) is 13.0 Å². The summed E-state index contributed by atoms with van der Waals surface area (Å²) in [7, 11) is 2.00. The molecule has 0 saturated heterocycles. The first-order chi connectivity index (χ1) is 8.83. The van der Waals surface area contributed by atoms with E-state index in [1.165, 1.54) is 11.1 Å². The molecular weight excluding hydrogens is 224 g/mol. The van der Waals surface area contributed by atoms with E-state index in [9.17, 15) is 0 Å². The lowest BCUT2D eigenvalue weighted by atomic mass is 10.0. The van der Waals surface area contributed by atoms with Gasteiger partial charge in [0.1, 0.15) is 0 Å². The van der Waals surface area contributed by atoms with Crippen molar-refractivity contribution >= 4 is 0 Å². The lowest BCUT2D eigenvalue weighted by Crippen LogP contribution is -2.16. The Hall–Kier alpha value is -1.68. The molecule has 18 heavy (non-hydrogen) atoms. The molecule has 0 aliphatic rings. The molecule has 96 valence electrons. The average molecular weight is 244 g/mol. The van der Waals surface area contributed by atoms with Gasteiger partial charge in [-0.05, 0) is 44.5 Å². The minimum Gasteiger partial charge on any atom is -0.313 e. The fourth-order valence-corrected chi connectivity index (χ4v) is 2.07. The van der Waals surface area contributed by atoms with Crippen molar-refractivity contribution in [3.8, 4) is 0 Å². The van der Waals surface area contributed by atoms with Crippen LogP contribution in [0.4, 0.5) is 0 Å². The quantitative estimate of drug-likeness (QED) is 0.847. The third-order valence-electron chi connectivity index (χ3n) is 3.20. The molecule has 0 fully saturated rings. The highest BCUT2D eigenvalue weighted by Crippen LogP contribution is 2.18. The maximum absolute atomic E-state index is 4.33. The molecule has 2 heterocycles. The Morgan fingerprint density at radius 1 is 1.33 bits per heavy atom. The van der Waals surface area contributed by atoms with Crippen molar-refractivity contribution in [2.75, 3.05) is 7.05 Å². The van der Waals surface area contributed by atoms with Crippen molar-refractivity contribution in [1.29, 1.82) is 0 Å². The molecular formula is C14H20N4. The molecule has 0 spiro atoms. The lowest BCUT2D eigenvalue weighted by Gasteiger charge is -2.14. The normalized spacial score (nSPS) is 12.6. The molecule has 0 saturated carbocycles. The third-order valence-corrected chi connectivity index (χ3v) is 3.20. The summed E-state index contributed by atoms with van der Waals surface area (Å²) in [6, 6.07) is 4.50. The SMILES string of the molecule is CCn1cc(C(CCc2ccncc2)NC)cn1. The van der Waals surface area contributed by atoms with Crippen LogP contribution in [0.1, 0.15) is 30.5 Å². The molecule has 2 aromatic heterocycles. The first-order valence-electron chi connectivity index (χ1n) is 6.42. The molecule has 1 N–H and O–H groups in total. The van der Waals surface area contributed by atoms with E-state index in [1.807, 2.05) is 30.3 Å². The number of nitrogens with one attached hydrogen (secondary N) is 1. The minimum atomic E-state index is 0.360. The van der Waals surface area contributed by atoms with Gasteiger partial charge >= 0.3 is 0 Å². The Morgan fingerprint density at radius 2 is 2.11 bits per heavy atom. The van der Waals surface area contributed by atoms with E-state index in [-0.39, 0.29) is 0 Å². The summed E-state index contributed by atoms with van der Waals surface area (Å²) < 4.78 is 1.96. The Labute approximate surface area is 108 Å². The summed E-state index contributed by atoms with van der Waals surface area (Å²) in [5.74, 6) is 0. The van der Waals surface area contributed by atoms with E-state index in [0.29, 0.717) is 6.04 Å². The van der Waals surface area contributed by atoms with Gasteiger partial charge in [0.15, 0.2) is 0 Å². The molecule has 0 bridgehead atoms. The maximum atomic E-state index is 4.33. The Balaban J connectivity index is 1.97. The van der Waals surface area contributed by atoms with Crippen molar-refractivity contribution in [2.24, 2.45) is 0 Å². The van der Waals surface area contributed by atoms with Gasteiger partial charge in [0.05, 0.1) is 6.20 Å². The van der Waals surface area contributed by atoms with E-state index < -0.39 is 0 Å². The van der Waals surface area contributed by atoms with Gasteiger partial charge in [0.25, 0.3) is 0 Å². The zero-order valence-electron chi connectivity index (χ0n) is 11.0. The summed E-state index contributed by atoms with van der Waals surface area (Å²) in [6.07, 6.45) is 9.88. The highest BCUT2D eigenvalue weighted by Gasteiger charge is 2.11. The second-order valence-corrected chi connectivity index (χ2v) is 4.36. The number of aromatic nitrogens is 3. The van der Waals surface area contributed by atoms with Crippen molar-refractivity contribution in [3.05, 3.63) is 48.0 Å². The second-order valence-electron chi connectivity index (χ2n) is 4.36. The van der Waals surface area contributed by atoms with Crippen LogP contribution < -0.4 is 5.32 Å². The van der Waals surface area contributed by atoms with Crippen LogP contribution in [0.15, 0.2) is 36.9 Å². The molecule has 2 rings (SSSR count). The van der Waals surface area contributed by atoms with Crippen molar-refractivity contribution in [2.45, 2.75) is 32.4 Å².